The summed E-state index contributed by atoms with van der Waals surface area (Å²) >= 11 is 11.4. The highest BCUT2D eigenvalue weighted by Gasteiger charge is 2.15. The molecule has 0 aromatic carbocycles. The Morgan fingerprint density at radius 1 is 1.67 bits per heavy atom. The lowest BCUT2D eigenvalue weighted by molar-refractivity contribution is 0.0812. The van der Waals surface area contributed by atoms with Crippen LogP contribution < -0.4 is 0 Å². The Hall–Kier alpha value is -1.31. The molecular formula is C9H7Cl2N3O. The van der Waals surface area contributed by atoms with Crippen molar-refractivity contribution in [3.8, 4) is 6.07 Å². The fourth-order valence-corrected chi connectivity index (χ4v) is 1.30. The number of amides is 1. The molecule has 1 heterocycles. The standard InChI is InChI=1S/C9H7Cl2N3O/c1-14(3-2-12)9(15)6-4-8(11)13-5-7(6)10/h4-5H,3H2,1H3. The average molecular weight is 244 g/mol. The number of halogens is 2. The minimum Gasteiger partial charge on any atom is -0.328 e. The van der Waals surface area contributed by atoms with E-state index in [2.05, 4.69) is 4.98 Å². The summed E-state index contributed by atoms with van der Waals surface area (Å²) in [6.07, 6.45) is 1.30. The molecule has 0 radical (unpaired) electrons. The maximum Gasteiger partial charge on any atom is 0.256 e. The molecule has 1 aromatic heterocycles. The van der Waals surface area contributed by atoms with Crippen LogP contribution in [0, 0.1) is 11.3 Å². The summed E-state index contributed by atoms with van der Waals surface area (Å²) in [7, 11) is 1.51. The van der Waals surface area contributed by atoms with E-state index in [-0.39, 0.29) is 28.2 Å². The fraction of sp³-hybridized carbons (Fsp3) is 0.222. The lowest BCUT2D eigenvalue weighted by Gasteiger charge is -2.13. The van der Waals surface area contributed by atoms with E-state index in [9.17, 15) is 4.79 Å². The number of aromatic nitrogens is 1. The molecule has 0 spiro atoms. The van der Waals surface area contributed by atoms with Gasteiger partial charge in [-0.25, -0.2) is 4.98 Å². The van der Waals surface area contributed by atoms with Crippen LogP contribution in [0.1, 0.15) is 10.4 Å². The number of pyridine rings is 1. The Morgan fingerprint density at radius 3 is 2.93 bits per heavy atom. The minimum absolute atomic E-state index is 0.00486. The molecule has 0 saturated heterocycles. The van der Waals surface area contributed by atoms with Crippen molar-refractivity contribution < 1.29 is 4.79 Å². The van der Waals surface area contributed by atoms with Crippen molar-refractivity contribution in [3.63, 3.8) is 0 Å². The number of hydrogen-bond acceptors (Lipinski definition) is 3. The molecule has 0 aliphatic rings. The van der Waals surface area contributed by atoms with Crippen LogP contribution in [0.3, 0.4) is 0 Å². The van der Waals surface area contributed by atoms with Gasteiger partial charge in [-0.15, -0.1) is 0 Å². The van der Waals surface area contributed by atoms with Crippen LogP contribution >= 0.6 is 23.2 Å². The molecule has 0 unspecified atom stereocenters. The number of rotatable bonds is 2. The third kappa shape index (κ3) is 2.82. The second kappa shape index (κ2) is 4.96. The number of carbonyl (C=O) groups is 1. The Morgan fingerprint density at radius 2 is 2.33 bits per heavy atom. The first-order valence-corrected chi connectivity index (χ1v) is 4.75. The minimum atomic E-state index is -0.356. The van der Waals surface area contributed by atoms with Crippen LogP contribution in [0.2, 0.25) is 10.2 Å². The van der Waals surface area contributed by atoms with Gasteiger partial charge in [0.1, 0.15) is 11.7 Å². The van der Waals surface area contributed by atoms with Gasteiger partial charge in [-0.1, -0.05) is 23.2 Å². The number of nitriles is 1. The fourth-order valence-electron chi connectivity index (χ4n) is 0.961. The molecule has 1 aromatic rings. The van der Waals surface area contributed by atoms with Gasteiger partial charge < -0.3 is 4.90 Å². The van der Waals surface area contributed by atoms with Crippen LogP contribution in [0.25, 0.3) is 0 Å². The van der Waals surface area contributed by atoms with Gasteiger partial charge in [-0.2, -0.15) is 5.26 Å². The highest BCUT2D eigenvalue weighted by molar-refractivity contribution is 6.35. The van der Waals surface area contributed by atoms with Gasteiger partial charge >= 0.3 is 0 Å². The van der Waals surface area contributed by atoms with Crippen molar-refractivity contribution in [1.29, 1.82) is 5.26 Å². The van der Waals surface area contributed by atoms with Gasteiger partial charge in [0.15, 0.2) is 0 Å². The third-order valence-corrected chi connectivity index (χ3v) is 2.21. The molecular weight excluding hydrogens is 237 g/mol. The van der Waals surface area contributed by atoms with Crippen molar-refractivity contribution in [1.82, 2.24) is 9.88 Å². The normalized spacial score (nSPS) is 9.47. The Labute approximate surface area is 97.0 Å². The Balaban J connectivity index is 3.01. The molecule has 78 valence electrons. The van der Waals surface area contributed by atoms with E-state index in [4.69, 9.17) is 28.5 Å². The molecule has 0 fully saturated rings. The zero-order chi connectivity index (χ0) is 11.4. The molecule has 1 amide bonds. The van der Waals surface area contributed by atoms with E-state index in [1.807, 2.05) is 6.07 Å². The van der Waals surface area contributed by atoms with Crippen LogP contribution in [0.15, 0.2) is 12.3 Å². The molecule has 0 saturated carbocycles. The monoisotopic (exact) mass is 243 g/mol. The van der Waals surface area contributed by atoms with Crippen molar-refractivity contribution in [2.24, 2.45) is 0 Å². The van der Waals surface area contributed by atoms with Crippen LogP contribution in [0.4, 0.5) is 0 Å². The first-order valence-electron chi connectivity index (χ1n) is 3.99. The van der Waals surface area contributed by atoms with Crippen molar-refractivity contribution >= 4 is 29.1 Å². The molecule has 0 aliphatic heterocycles. The highest BCUT2D eigenvalue weighted by atomic mass is 35.5. The molecule has 15 heavy (non-hydrogen) atoms. The number of nitrogens with zero attached hydrogens (tertiary/aromatic N) is 3. The van der Waals surface area contributed by atoms with E-state index < -0.39 is 0 Å². The second-order valence-corrected chi connectivity index (χ2v) is 3.60. The molecule has 0 aliphatic carbocycles. The van der Waals surface area contributed by atoms with Crippen molar-refractivity contribution in [2.45, 2.75) is 0 Å². The van der Waals surface area contributed by atoms with Crippen molar-refractivity contribution in [2.75, 3.05) is 13.6 Å². The van der Waals surface area contributed by atoms with Crippen LogP contribution in [-0.4, -0.2) is 29.4 Å². The summed E-state index contributed by atoms with van der Waals surface area (Å²) in [4.78, 5) is 16.7. The van der Waals surface area contributed by atoms with Gasteiger partial charge in [0.2, 0.25) is 0 Å². The summed E-state index contributed by atoms with van der Waals surface area (Å²) in [6.45, 7) is -0.00486. The summed E-state index contributed by atoms with van der Waals surface area (Å²) in [5.74, 6) is -0.356. The van der Waals surface area contributed by atoms with Gasteiger partial charge in [-0.3, -0.25) is 4.79 Å². The molecule has 6 heteroatoms. The molecule has 4 nitrogen and oxygen atoms in total. The SMILES string of the molecule is CN(CC#N)C(=O)c1cc(Cl)ncc1Cl. The smallest absolute Gasteiger partial charge is 0.256 e. The average Bonchev–Trinajstić information content (AvgIpc) is 2.21. The first kappa shape index (κ1) is 11.8. The van der Waals surface area contributed by atoms with E-state index in [1.165, 1.54) is 24.2 Å². The summed E-state index contributed by atoms with van der Waals surface area (Å²) < 4.78 is 0. The molecule has 0 bridgehead atoms. The predicted molar refractivity (Wildman–Crippen MR) is 56.8 cm³/mol. The largest absolute Gasteiger partial charge is 0.328 e. The Bertz CT molecular complexity index is 428. The van der Waals surface area contributed by atoms with Crippen molar-refractivity contribution in [3.05, 3.63) is 28.0 Å². The summed E-state index contributed by atoms with van der Waals surface area (Å²) in [5.41, 5.74) is 0.245. The predicted octanol–water partition coefficient (Wildman–Crippen LogP) is 1.98. The lowest BCUT2D eigenvalue weighted by Crippen LogP contribution is -2.27. The highest BCUT2D eigenvalue weighted by Crippen LogP contribution is 2.19. The second-order valence-electron chi connectivity index (χ2n) is 2.81. The third-order valence-electron chi connectivity index (χ3n) is 1.71. The van der Waals surface area contributed by atoms with Gasteiger partial charge in [0, 0.05) is 13.2 Å². The lowest BCUT2D eigenvalue weighted by atomic mass is 10.2. The topological polar surface area (TPSA) is 57.0 Å². The maximum absolute atomic E-state index is 11.7. The molecule has 0 atom stereocenters. The maximum atomic E-state index is 11.7. The first-order chi connectivity index (χ1) is 7.06. The molecule has 0 N–H and O–H groups in total. The van der Waals surface area contributed by atoms with E-state index in [0.717, 1.165) is 0 Å². The zero-order valence-electron chi connectivity index (χ0n) is 7.87. The van der Waals surface area contributed by atoms with Gasteiger partial charge in [0.25, 0.3) is 5.91 Å². The van der Waals surface area contributed by atoms with Crippen LogP contribution in [-0.2, 0) is 0 Å². The molecule has 1 rings (SSSR count). The number of carbonyl (C=O) groups excluding carboxylic acids is 1. The Kier molecular flexibility index (Phi) is 3.89. The van der Waals surface area contributed by atoms with E-state index >= 15 is 0 Å². The zero-order valence-corrected chi connectivity index (χ0v) is 9.38. The van der Waals surface area contributed by atoms with Gasteiger partial charge in [0.05, 0.1) is 16.7 Å². The number of hydrogen-bond donors (Lipinski definition) is 0. The summed E-state index contributed by atoms with van der Waals surface area (Å²) in [5, 5.41) is 8.85. The quantitative estimate of drug-likeness (QED) is 0.590. The summed E-state index contributed by atoms with van der Waals surface area (Å²) in [6, 6.07) is 3.24. The van der Waals surface area contributed by atoms with Gasteiger partial charge in [-0.05, 0) is 6.07 Å². The van der Waals surface area contributed by atoms with E-state index in [0.29, 0.717) is 0 Å². The van der Waals surface area contributed by atoms with E-state index in [1.54, 1.807) is 0 Å². The van der Waals surface area contributed by atoms with Crippen LogP contribution in [0.5, 0.6) is 0 Å².